The summed E-state index contributed by atoms with van der Waals surface area (Å²) in [5.74, 6) is 4.03. The van der Waals surface area contributed by atoms with Crippen molar-refractivity contribution in [2.45, 2.75) is 20.3 Å². The molecule has 0 bridgehead atoms. The van der Waals surface area contributed by atoms with Crippen LogP contribution in [0.25, 0.3) is 0 Å². The Morgan fingerprint density at radius 3 is 2.62 bits per heavy atom. The minimum atomic E-state index is -0.308. The van der Waals surface area contributed by atoms with Gasteiger partial charge in [-0.3, -0.25) is 4.79 Å². The number of nitrogens with one attached hydrogen (secondary N) is 1. The van der Waals surface area contributed by atoms with Crippen molar-refractivity contribution in [3.05, 3.63) is 51.1 Å². The molecule has 7 heteroatoms. The molecular formula is C22H23IN2O4. The van der Waals surface area contributed by atoms with Gasteiger partial charge in [-0.05, 0) is 77.9 Å². The number of rotatable bonds is 10. The number of carbonyl (C=O) groups is 1. The van der Waals surface area contributed by atoms with E-state index >= 15 is 0 Å². The van der Waals surface area contributed by atoms with Crippen molar-refractivity contribution in [3.8, 4) is 29.6 Å². The zero-order chi connectivity index (χ0) is 21.1. The van der Waals surface area contributed by atoms with Gasteiger partial charge in [0.2, 0.25) is 0 Å². The van der Waals surface area contributed by atoms with E-state index in [1.165, 1.54) is 0 Å². The molecule has 0 aliphatic heterocycles. The fourth-order valence-corrected chi connectivity index (χ4v) is 3.11. The van der Waals surface area contributed by atoms with Gasteiger partial charge in [0.15, 0.2) is 11.5 Å². The maximum Gasteiger partial charge on any atom is 0.271 e. The lowest BCUT2D eigenvalue weighted by molar-refractivity contribution is 0.0955. The maximum absolute atomic E-state index is 12.2. The van der Waals surface area contributed by atoms with E-state index in [1.54, 1.807) is 36.5 Å². The van der Waals surface area contributed by atoms with Gasteiger partial charge in [0, 0.05) is 5.56 Å². The zero-order valence-electron chi connectivity index (χ0n) is 16.4. The summed E-state index contributed by atoms with van der Waals surface area (Å²) in [4.78, 5) is 12.2. The van der Waals surface area contributed by atoms with Gasteiger partial charge in [-0.2, -0.15) is 5.10 Å². The van der Waals surface area contributed by atoms with Gasteiger partial charge in [0.05, 0.1) is 23.0 Å². The number of benzene rings is 2. The summed E-state index contributed by atoms with van der Waals surface area (Å²) in [5.41, 5.74) is 3.77. The number of ether oxygens (including phenoxy) is 3. The zero-order valence-corrected chi connectivity index (χ0v) is 18.6. The highest BCUT2D eigenvalue weighted by atomic mass is 127. The number of carbonyl (C=O) groups excluding carboxylic acids is 1. The van der Waals surface area contributed by atoms with Crippen molar-refractivity contribution in [2.24, 2.45) is 5.10 Å². The van der Waals surface area contributed by atoms with E-state index in [4.69, 9.17) is 20.6 Å². The fourth-order valence-electron chi connectivity index (χ4n) is 2.33. The number of halogens is 1. The second-order valence-corrected chi connectivity index (χ2v) is 6.99. The van der Waals surface area contributed by atoms with Gasteiger partial charge in [0.25, 0.3) is 5.91 Å². The molecule has 0 heterocycles. The molecule has 0 saturated heterocycles. The number of nitrogens with zero attached hydrogens (tertiary/aromatic N) is 1. The van der Waals surface area contributed by atoms with Crippen LogP contribution in [0.5, 0.6) is 17.2 Å². The Morgan fingerprint density at radius 2 is 1.97 bits per heavy atom. The van der Waals surface area contributed by atoms with E-state index in [2.05, 4.69) is 39.0 Å². The standard InChI is InChI=1S/C22H23IN2O4/c1-4-11-28-18-9-7-17(8-10-18)22(26)25-24-15-16-13-19(23)21(29-12-5-2)20(14-16)27-6-3/h2,7-10,13-15H,4,6,11-12H2,1,3H3,(H,25,26)/b24-15+. The van der Waals surface area contributed by atoms with Crippen LogP contribution in [0.15, 0.2) is 41.5 Å². The molecule has 2 aromatic rings. The second-order valence-electron chi connectivity index (χ2n) is 5.83. The minimum Gasteiger partial charge on any atom is -0.494 e. The molecule has 0 aromatic heterocycles. The summed E-state index contributed by atoms with van der Waals surface area (Å²) in [6.45, 7) is 5.21. The molecular weight excluding hydrogens is 483 g/mol. The Morgan fingerprint density at radius 1 is 1.21 bits per heavy atom. The van der Waals surface area contributed by atoms with Crippen molar-refractivity contribution >= 4 is 34.7 Å². The molecule has 2 aromatic carbocycles. The van der Waals surface area contributed by atoms with Gasteiger partial charge in [-0.15, -0.1) is 6.42 Å². The maximum atomic E-state index is 12.2. The summed E-state index contributed by atoms with van der Waals surface area (Å²) in [7, 11) is 0. The lowest BCUT2D eigenvalue weighted by Gasteiger charge is -2.13. The summed E-state index contributed by atoms with van der Waals surface area (Å²) < 4.78 is 17.5. The molecule has 2 rings (SSSR count). The summed E-state index contributed by atoms with van der Waals surface area (Å²) >= 11 is 2.14. The number of amides is 1. The molecule has 0 fully saturated rings. The highest BCUT2D eigenvalue weighted by Gasteiger charge is 2.11. The SMILES string of the molecule is C#CCOc1c(I)cc(/C=N/NC(=O)c2ccc(OCCC)cc2)cc1OCC. The van der Waals surface area contributed by atoms with E-state index in [9.17, 15) is 4.79 Å². The lowest BCUT2D eigenvalue weighted by atomic mass is 10.2. The third-order valence-electron chi connectivity index (χ3n) is 3.60. The molecule has 1 N–H and O–H groups in total. The first-order chi connectivity index (χ1) is 14.1. The normalized spacial score (nSPS) is 10.4. The summed E-state index contributed by atoms with van der Waals surface area (Å²) in [6, 6.07) is 10.6. The molecule has 152 valence electrons. The summed E-state index contributed by atoms with van der Waals surface area (Å²) in [5, 5.41) is 4.04. The molecule has 29 heavy (non-hydrogen) atoms. The monoisotopic (exact) mass is 506 g/mol. The first-order valence-electron chi connectivity index (χ1n) is 9.17. The molecule has 0 radical (unpaired) electrons. The number of hydrogen-bond donors (Lipinski definition) is 1. The van der Waals surface area contributed by atoms with Crippen LogP contribution >= 0.6 is 22.6 Å². The van der Waals surface area contributed by atoms with Gasteiger partial charge in [-0.25, -0.2) is 5.43 Å². The van der Waals surface area contributed by atoms with Crippen molar-refractivity contribution in [1.29, 1.82) is 0 Å². The van der Waals surface area contributed by atoms with Crippen LogP contribution in [0.3, 0.4) is 0 Å². The Balaban J connectivity index is 2.05. The highest BCUT2D eigenvalue weighted by molar-refractivity contribution is 14.1. The van der Waals surface area contributed by atoms with Crippen LogP contribution in [0.1, 0.15) is 36.2 Å². The van der Waals surface area contributed by atoms with E-state index in [0.717, 1.165) is 21.3 Å². The van der Waals surface area contributed by atoms with Gasteiger partial charge in [0.1, 0.15) is 12.4 Å². The van der Waals surface area contributed by atoms with Gasteiger partial charge >= 0.3 is 0 Å². The second kappa shape index (κ2) is 12.0. The van der Waals surface area contributed by atoms with Gasteiger partial charge < -0.3 is 14.2 Å². The van der Waals surface area contributed by atoms with Crippen molar-refractivity contribution in [1.82, 2.24) is 5.43 Å². The van der Waals surface area contributed by atoms with Crippen LogP contribution in [0, 0.1) is 15.9 Å². The first kappa shape index (κ1) is 22.6. The van der Waals surface area contributed by atoms with E-state index in [-0.39, 0.29) is 12.5 Å². The third-order valence-corrected chi connectivity index (χ3v) is 4.40. The number of terminal acetylenes is 1. The molecule has 0 aliphatic carbocycles. The molecule has 1 amide bonds. The Bertz CT molecular complexity index is 889. The van der Waals surface area contributed by atoms with E-state index < -0.39 is 0 Å². The summed E-state index contributed by atoms with van der Waals surface area (Å²) in [6.07, 6.45) is 7.74. The molecule has 0 aliphatic rings. The average molecular weight is 506 g/mol. The Kier molecular flexibility index (Phi) is 9.31. The van der Waals surface area contributed by atoms with Crippen LogP contribution in [0.4, 0.5) is 0 Å². The number of hydrogen-bond acceptors (Lipinski definition) is 5. The predicted octanol–water partition coefficient (Wildman–Crippen LogP) is 4.25. The Hall–Kier alpha value is -2.73. The van der Waals surface area contributed by atoms with Crippen molar-refractivity contribution < 1.29 is 19.0 Å². The van der Waals surface area contributed by atoms with Crippen molar-refractivity contribution in [3.63, 3.8) is 0 Å². The van der Waals surface area contributed by atoms with Crippen LogP contribution in [-0.4, -0.2) is 31.9 Å². The topological polar surface area (TPSA) is 69.2 Å². The highest BCUT2D eigenvalue weighted by Crippen LogP contribution is 2.33. The quantitative estimate of drug-likeness (QED) is 0.227. The van der Waals surface area contributed by atoms with Crippen LogP contribution in [-0.2, 0) is 0 Å². The Labute approximate surface area is 184 Å². The van der Waals surface area contributed by atoms with Crippen molar-refractivity contribution in [2.75, 3.05) is 19.8 Å². The van der Waals surface area contributed by atoms with Gasteiger partial charge in [-0.1, -0.05) is 12.8 Å². The smallest absolute Gasteiger partial charge is 0.271 e. The molecule has 0 atom stereocenters. The molecule has 0 saturated carbocycles. The third kappa shape index (κ3) is 6.98. The minimum absolute atomic E-state index is 0.155. The van der Waals surface area contributed by atoms with Crippen LogP contribution in [0.2, 0.25) is 0 Å². The molecule has 0 spiro atoms. The lowest BCUT2D eigenvalue weighted by Crippen LogP contribution is -2.17. The number of hydrazone groups is 1. The average Bonchev–Trinajstić information content (AvgIpc) is 2.72. The molecule has 0 unspecified atom stereocenters. The van der Waals surface area contributed by atoms with E-state index in [1.807, 2.05) is 19.9 Å². The predicted molar refractivity (Wildman–Crippen MR) is 122 cm³/mol. The first-order valence-corrected chi connectivity index (χ1v) is 10.3. The van der Waals surface area contributed by atoms with E-state index in [0.29, 0.717) is 30.3 Å². The fraction of sp³-hybridized carbons (Fsp3) is 0.273. The largest absolute Gasteiger partial charge is 0.494 e. The molecule has 6 nitrogen and oxygen atoms in total. The van der Waals surface area contributed by atoms with Crippen LogP contribution < -0.4 is 19.6 Å².